The third kappa shape index (κ3) is 4.43. The Balaban J connectivity index is 1.69. The molecule has 3 aromatic rings. The second-order valence-corrected chi connectivity index (χ2v) is 9.82. The highest BCUT2D eigenvalue weighted by Crippen LogP contribution is 2.38. The molecule has 0 bridgehead atoms. The van der Waals surface area contributed by atoms with Gasteiger partial charge in [0.1, 0.15) is 22.7 Å². The fraction of sp³-hybridized carbons (Fsp3) is 0.240. The van der Waals surface area contributed by atoms with Crippen LogP contribution in [0.5, 0.6) is 0 Å². The number of fused-ring (bicyclic) bond motifs is 1. The lowest BCUT2D eigenvalue weighted by Gasteiger charge is -2.10. The Kier molecular flexibility index (Phi) is 6.63. The molecule has 4 rings (SSSR count). The maximum absolute atomic E-state index is 12.7. The van der Waals surface area contributed by atoms with Crippen molar-refractivity contribution in [2.45, 2.75) is 39.5 Å². The van der Waals surface area contributed by atoms with Gasteiger partial charge in [-0.2, -0.15) is 10.5 Å². The minimum absolute atomic E-state index is 0.0349. The number of carbonyl (C=O) groups is 1. The molecule has 0 aliphatic heterocycles. The zero-order chi connectivity index (χ0) is 23.7. The number of nitrogens with one attached hydrogen (secondary N) is 1. The van der Waals surface area contributed by atoms with Crippen LogP contribution in [-0.4, -0.2) is 10.5 Å². The van der Waals surface area contributed by atoms with Crippen LogP contribution in [0.4, 0.5) is 5.69 Å². The van der Waals surface area contributed by atoms with E-state index < -0.39 is 5.91 Å². The third-order valence-electron chi connectivity index (χ3n) is 5.78. The molecule has 33 heavy (non-hydrogen) atoms. The summed E-state index contributed by atoms with van der Waals surface area (Å²) < 4.78 is 2.05. The molecule has 1 aliphatic rings. The second kappa shape index (κ2) is 9.45. The summed E-state index contributed by atoms with van der Waals surface area (Å²) in [5, 5.41) is 23.8. The van der Waals surface area contributed by atoms with Gasteiger partial charge >= 0.3 is 0 Å². The summed E-state index contributed by atoms with van der Waals surface area (Å²) in [5.74, 6) is -0.537. The molecule has 0 radical (unpaired) electrons. The lowest BCUT2D eigenvalue weighted by Crippen LogP contribution is -2.13. The molecule has 2 heterocycles. The topological polar surface area (TPSA) is 81.6 Å². The molecule has 1 amide bonds. The van der Waals surface area contributed by atoms with Crippen molar-refractivity contribution in [2.75, 3.05) is 5.32 Å². The molecule has 0 spiro atoms. The number of benzene rings is 1. The third-order valence-corrected chi connectivity index (χ3v) is 7.80. The lowest BCUT2D eigenvalue weighted by atomic mass is 9.96. The Labute approximate surface area is 206 Å². The van der Waals surface area contributed by atoms with E-state index in [-0.39, 0.29) is 5.57 Å². The lowest BCUT2D eigenvalue weighted by molar-refractivity contribution is -0.112. The van der Waals surface area contributed by atoms with Crippen molar-refractivity contribution in [1.82, 2.24) is 4.57 Å². The smallest absolute Gasteiger partial charge is 0.266 e. The molecule has 1 aliphatic carbocycles. The Morgan fingerprint density at radius 2 is 1.91 bits per heavy atom. The first-order valence-electron chi connectivity index (χ1n) is 10.5. The van der Waals surface area contributed by atoms with E-state index in [0.29, 0.717) is 15.7 Å². The first-order valence-corrected chi connectivity index (χ1v) is 12.0. The number of nitrogens with zero attached hydrogens (tertiary/aromatic N) is 3. The van der Waals surface area contributed by atoms with E-state index in [9.17, 15) is 15.3 Å². The van der Waals surface area contributed by atoms with Gasteiger partial charge in [-0.15, -0.1) is 11.3 Å². The number of anilines is 1. The summed E-state index contributed by atoms with van der Waals surface area (Å²) in [7, 11) is 0. The first-order chi connectivity index (χ1) is 15.8. The molecule has 1 N–H and O–H groups in total. The number of thiophene rings is 1. The van der Waals surface area contributed by atoms with E-state index in [4.69, 9.17) is 23.2 Å². The van der Waals surface area contributed by atoms with Gasteiger partial charge in [-0.1, -0.05) is 23.2 Å². The van der Waals surface area contributed by atoms with E-state index in [1.54, 1.807) is 29.5 Å². The Morgan fingerprint density at radius 1 is 1.15 bits per heavy atom. The summed E-state index contributed by atoms with van der Waals surface area (Å²) in [4.78, 5) is 14.0. The monoisotopic (exact) mass is 494 g/mol. The van der Waals surface area contributed by atoms with Crippen molar-refractivity contribution >= 4 is 52.2 Å². The van der Waals surface area contributed by atoms with E-state index in [1.807, 2.05) is 26.0 Å². The molecule has 166 valence electrons. The van der Waals surface area contributed by atoms with Crippen molar-refractivity contribution < 1.29 is 4.79 Å². The fourth-order valence-electron chi connectivity index (χ4n) is 4.15. The number of halogens is 2. The summed E-state index contributed by atoms with van der Waals surface area (Å²) in [5.41, 5.74) is 4.89. The van der Waals surface area contributed by atoms with E-state index in [1.165, 1.54) is 16.5 Å². The van der Waals surface area contributed by atoms with Gasteiger partial charge in [-0.3, -0.25) is 4.79 Å². The van der Waals surface area contributed by atoms with Gasteiger partial charge in [0, 0.05) is 22.0 Å². The zero-order valence-electron chi connectivity index (χ0n) is 18.1. The van der Waals surface area contributed by atoms with Gasteiger partial charge in [-0.05, 0) is 81.0 Å². The predicted octanol–water partition coefficient (Wildman–Crippen LogP) is 6.76. The number of nitriles is 2. The molecule has 0 fully saturated rings. The molecule has 8 heteroatoms. The number of hydrogen-bond donors (Lipinski definition) is 1. The maximum Gasteiger partial charge on any atom is 0.266 e. The molecule has 2 aromatic heterocycles. The van der Waals surface area contributed by atoms with Gasteiger partial charge in [0.15, 0.2) is 0 Å². The van der Waals surface area contributed by atoms with Gasteiger partial charge in [0.25, 0.3) is 5.91 Å². The zero-order valence-corrected chi connectivity index (χ0v) is 20.5. The number of amides is 1. The van der Waals surface area contributed by atoms with Crippen LogP contribution in [0.3, 0.4) is 0 Å². The summed E-state index contributed by atoms with van der Waals surface area (Å²) in [6.45, 7) is 3.90. The van der Waals surface area contributed by atoms with Gasteiger partial charge in [0.05, 0.1) is 15.6 Å². The predicted molar refractivity (Wildman–Crippen MR) is 133 cm³/mol. The molecule has 0 saturated carbocycles. The highest BCUT2D eigenvalue weighted by atomic mass is 35.5. The Morgan fingerprint density at radius 3 is 2.61 bits per heavy atom. The van der Waals surface area contributed by atoms with Crippen LogP contribution in [0.2, 0.25) is 10.0 Å². The maximum atomic E-state index is 12.7. The number of aromatic nitrogens is 1. The normalized spacial score (nSPS) is 13.2. The highest BCUT2D eigenvalue weighted by molar-refractivity contribution is 7.15. The summed E-state index contributed by atoms with van der Waals surface area (Å²) in [6, 6.07) is 11.1. The van der Waals surface area contributed by atoms with Gasteiger partial charge < -0.3 is 9.88 Å². The second-order valence-electron chi connectivity index (χ2n) is 7.92. The Hall–Kier alpha value is -3.03. The standard InChI is InChI=1S/C25H20Cl2N4OS/c1-14-9-16(10-17(12-28)24(32)30-18-7-8-21(26)22(27)11-18)15(2)31(14)25-20(13-29)19-5-3-4-6-23(19)33-25/h7-11H,3-6H2,1-2H3,(H,30,32). The van der Waals surface area contributed by atoms with Crippen LogP contribution in [0, 0.1) is 36.5 Å². The highest BCUT2D eigenvalue weighted by Gasteiger charge is 2.24. The van der Waals surface area contributed by atoms with Crippen molar-refractivity contribution in [3.8, 4) is 17.1 Å². The van der Waals surface area contributed by atoms with Crippen molar-refractivity contribution in [1.29, 1.82) is 10.5 Å². The van der Waals surface area contributed by atoms with Crippen molar-refractivity contribution in [3.63, 3.8) is 0 Å². The van der Waals surface area contributed by atoms with Gasteiger partial charge in [0.2, 0.25) is 0 Å². The van der Waals surface area contributed by atoms with Crippen LogP contribution in [0.25, 0.3) is 11.1 Å². The molecule has 0 atom stereocenters. The van der Waals surface area contributed by atoms with Crippen molar-refractivity contribution in [3.05, 3.63) is 72.8 Å². The van der Waals surface area contributed by atoms with Crippen molar-refractivity contribution in [2.24, 2.45) is 0 Å². The van der Waals surface area contributed by atoms with Gasteiger partial charge in [-0.25, -0.2) is 0 Å². The van der Waals surface area contributed by atoms with Crippen LogP contribution >= 0.6 is 34.5 Å². The first kappa shape index (κ1) is 23.1. The molecular formula is C25H20Cl2N4OS. The Bertz CT molecular complexity index is 1380. The SMILES string of the molecule is Cc1cc(C=C(C#N)C(=O)Nc2ccc(Cl)c(Cl)c2)c(C)n1-c1sc2c(c1C#N)CCCC2. The number of carbonyl (C=O) groups excluding carboxylic acids is 1. The minimum Gasteiger partial charge on any atom is -0.321 e. The molecule has 1 aromatic carbocycles. The summed E-state index contributed by atoms with van der Waals surface area (Å²) >= 11 is 13.6. The van der Waals surface area contributed by atoms with E-state index in [0.717, 1.165) is 53.2 Å². The molecule has 0 saturated heterocycles. The number of hydrogen-bond acceptors (Lipinski definition) is 4. The molecule has 5 nitrogen and oxygen atoms in total. The number of aryl methyl sites for hydroxylation is 2. The minimum atomic E-state index is -0.537. The summed E-state index contributed by atoms with van der Waals surface area (Å²) in [6.07, 6.45) is 5.78. The van der Waals surface area contributed by atoms with E-state index >= 15 is 0 Å². The number of rotatable bonds is 4. The molecule has 0 unspecified atom stereocenters. The fourth-order valence-corrected chi connectivity index (χ4v) is 5.90. The quantitative estimate of drug-likeness (QED) is 0.321. The average molecular weight is 495 g/mol. The van der Waals surface area contributed by atoms with E-state index in [2.05, 4.69) is 16.0 Å². The average Bonchev–Trinajstić information content (AvgIpc) is 3.29. The van der Waals surface area contributed by atoms with Crippen LogP contribution in [0.15, 0.2) is 29.8 Å². The van der Waals surface area contributed by atoms with Crippen LogP contribution < -0.4 is 5.32 Å². The van der Waals surface area contributed by atoms with Crippen LogP contribution in [-0.2, 0) is 17.6 Å². The largest absolute Gasteiger partial charge is 0.321 e. The van der Waals surface area contributed by atoms with Crippen LogP contribution in [0.1, 0.15) is 45.8 Å². The molecular weight excluding hydrogens is 475 g/mol.